The lowest BCUT2D eigenvalue weighted by atomic mass is 10.2. The Bertz CT molecular complexity index is 543. The lowest BCUT2D eigenvalue weighted by Gasteiger charge is -2.10. The molecule has 88 valence electrons. The molecule has 2 aromatic rings. The fourth-order valence-electron chi connectivity index (χ4n) is 1.84. The lowest BCUT2D eigenvalue weighted by molar-refractivity contribution is -0.136. The van der Waals surface area contributed by atoms with Crippen molar-refractivity contribution < 1.29 is 14.3 Å². The van der Waals surface area contributed by atoms with Gasteiger partial charge in [0.05, 0.1) is 6.42 Å². The molecule has 17 heavy (non-hydrogen) atoms. The highest BCUT2D eigenvalue weighted by molar-refractivity contribution is 5.70. The first-order valence-corrected chi connectivity index (χ1v) is 5.23. The number of aromatic nitrogens is 1. The van der Waals surface area contributed by atoms with Crippen LogP contribution in [0.15, 0.2) is 36.4 Å². The Balaban J connectivity index is 2.46. The minimum absolute atomic E-state index is 0.0504. The Kier molecular flexibility index (Phi) is 2.95. The van der Waals surface area contributed by atoms with Crippen LogP contribution in [0.5, 0.6) is 0 Å². The summed E-state index contributed by atoms with van der Waals surface area (Å²) in [5, 5.41) is 8.82. The van der Waals surface area contributed by atoms with Gasteiger partial charge in [0.15, 0.2) is 0 Å². The number of carbonyl (C=O) groups is 1. The second-order valence-corrected chi connectivity index (χ2v) is 3.85. The quantitative estimate of drug-likeness (QED) is 0.885. The number of carboxylic acid groups (broad SMARTS) is 1. The number of aliphatic carboxylic acids is 1. The monoisotopic (exact) mass is 233 g/mol. The van der Waals surface area contributed by atoms with Crippen molar-refractivity contribution in [3.8, 4) is 5.69 Å². The van der Waals surface area contributed by atoms with Crippen LogP contribution in [0, 0.1) is 12.7 Å². The molecule has 0 unspecified atom stereocenters. The number of rotatable bonds is 3. The van der Waals surface area contributed by atoms with Crippen molar-refractivity contribution in [3.63, 3.8) is 0 Å². The van der Waals surface area contributed by atoms with Crippen LogP contribution in [0.25, 0.3) is 5.69 Å². The maximum atomic E-state index is 12.8. The zero-order valence-electron chi connectivity index (χ0n) is 9.35. The fraction of sp³-hybridized carbons (Fsp3) is 0.154. The molecule has 2 rings (SSSR count). The molecule has 1 N–H and O–H groups in total. The Morgan fingerprint density at radius 2 is 1.88 bits per heavy atom. The third kappa shape index (κ3) is 2.36. The summed E-state index contributed by atoms with van der Waals surface area (Å²) in [4.78, 5) is 10.7. The third-order valence-electron chi connectivity index (χ3n) is 2.57. The maximum Gasteiger partial charge on any atom is 0.309 e. The molecule has 1 heterocycles. The van der Waals surface area contributed by atoms with Crippen molar-refractivity contribution in [3.05, 3.63) is 53.6 Å². The average Bonchev–Trinajstić information content (AvgIpc) is 2.61. The summed E-state index contributed by atoms with van der Waals surface area (Å²) < 4.78 is 14.6. The Morgan fingerprint density at radius 1 is 1.24 bits per heavy atom. The number of halogens is 1. The molecule has 0 bridgehead atoms. The smallest absolute Gasteiger partial charge is 0.309 e. The molecule has 1 aromatic carbocycles. The van der Waals surface area contributed by atoms with E-state index in [4.69, 9.17) is 5.11 Å². The summed E-state index contributed by atoms with van der Waals surface area (Å²) in [5.41, 5.74) is 2.37. The third-order valence-corrected chi connectivity index (χ3v) is 2.57. The SMILES string of the molecule is Cc1ccc(CC(=O)O)n1-c1ccc(F)cc1. The first kappa shape index (κ1) is 11.4. The van der Waals surface area contributed by atoms with Crippen LogP contribution >= 0.6 is 0 Å². The van der Waals surface area contributed by atoms with E-state index in [9.17, 15) is 9.18 Å². The molecular weight excluding hydrogens is 221 g/mol. The highest BCUT2D eigenvalue weighted by Crippen LogP contribution is 2.17. The Hall–Kier alpha value is -2.10. The van der Waals surface area contributed by atoms with Gasteiger partial charge < -0.3 is 9.67 Å². The van der Waals surface area contributed by atoms with Gasteiger partial charge in [-0.1, -0.05) is 0 Å². The van der Waals surface area contributed by atoms with Gasteiger partial charge in [0.2, 0.25) is 0 Å². The maximum absolute atomic E-state index is 12.8. The lowest BCUT2D eigenvalue weighted by Crippen LogP contribution is -2.07. The second kappa shape index (κ2) is 4.41. The zero-order valence-corrected chi connectivity index (χ0v) is 9.35. The van der Waals surface area contributed by atoms with E-state index in [0.717, 1.165) is 11.4 Å². The average molecular weight is 233 g/mol. The van der Waals surface area contributed by atoms with E-state index >= 15 is 0 Å². The van der Waals surface area contributed by atoms with Crippen LogP contribution in [0.2, 0.25) is 0 Å². The fourth-order valence-corrected chi connectivity index (χ4v) is 1.84. The number of nitrogens with zero attached hydrogens (tertiary/aromatic N) is 1. The number of aryl methyl sites for hydroxylation is 1. The molecule has 4 heteroatoms. The van der Waals surface area contributed by atoms with Gasteiger partial charge in [0.1, 0.15) is 5.82 Å². The van der Waals surface area contributed by atoms with Crippen molar-refractivity contribution in [2.45, 2.75) is 13.3 Å². The van der Waals surface area contributed by atoms with Gasteiger partial charge in [0, 0.05) is 17.1 Å². The molecule has 1 aromatic heterocycles. The Labute approximate surface area is 98.1 Å². The summed E-state index contributed by atoms with van der Waals surface area (Å²) >= 11 is 0. The largest absolute Gasteiger partial charge is 0.481 e. The van der Waals surface area contributed by atoms with E-state index in [0.29, 0.717) is 5.69 Å². The summed E-state index contributed by atoms with van der Waals surface area (Å²) in [6.07, 6.45) is -0.0504. The van der Waals surface area contributed by atoms with Gasteiger partial charge in [0.25, 0.3) is 0 Å². The van der Waals surface area contributed by atoms with E-state index in [1.807, 2.05) is 17.6 Å². The van der Waals surface area contributed by atoms with Crippen molar-refractivity contribution in [1.29, 1.82) is 0 Å². The number of hydrogen-bond acceptors (Lipinski definition) is 1. The molecule has 0 saturated carbocycles. The van der Waals surface area contributed by atoms with Crippen LogP contribution in [0.1, 0.15) is 11.4 Å². The van der Waals surface area contributed by atoms with E-state index in [2.05, 4.69) is 0 Å². The second-order valence-electron chi connectivity index (χ2n) is 3.85. The van der Waals surface area contributed by atoms with E-state index in [1.54, 1.807) is 18.2 Å². The standard InChI is InChI=1S/C13H12FNO2/c1-9-2-5-12(8-13(16)17)15(9)11-6-3-10(14)4-7-11/h2-7H,8H2,1H3,(H,16,17). The molecule has 0 aliphatic heterocycles. The zero-order chi connectivity index (χ0) is 12.4. The van der Waals surface area contributed by atoms with Crippen LogP contribution < -0.4 is 0 Å². The molecule has 3 nitrogen and oxygen atoms in total. The van der Waals surface area contributed by atoms with Crippen LogP contribution in [-0.2, 0) is 11.2 Å². The van der Waals surface area contributed by atoms with Crippen molar-refractivity contribution in [2.24, 2.45) is 0 Å². The normalized spacial score (nSPS) is 10.5. The molecule has 0 amide bonds. The molecule has 0 atom stereocenters. The van der Waals surface area contributed by atoms with Gasteiger partial charge in [-0.2, -0.15) is 0 Å². The van der Waals surface area contributed by atoms with Gasteiger partial charge in [-0.3, -0.25) is 4.79 Å². The predicted molar refractivity (Wildman–Crippen MR) is 61.8 cm³/mol. The molecular formula is C13H12FNO2. The highest BCUT2D eigenvalue weighted by Gasteiger charge is 2.10. The van der Waals surface area contributed by atoms with Crippen molar-refractivity contribution >= 4 is 5.97 Å². The van der Waals surface area contributed by atoms with Gasteiger partial charge >= 0.3 is 5.97 Å². The summed E-state index contributed by atoms with van der Waals surface area (Å²) in [7, 11) is 0. The van der Waals surface area contributed by atoms with Crippen LogP contribution in [-0.4, -0.2) is 15.6 Å². The molecule has 0 radical (unpaired) electrons. The molecule has 0 fully saturated rings. The molecule has 0 saturated heterocycles. The highest BCUT2D eigenvalue weighted by atomic mass is 19.1. The molecule has 0 aliphatic carbocycles. The van der Waals surface area contributed by atoms with Crippen molar-refractivity contribution in [1.82, 2.24) is 4.57 Å². The van der Waals surface area contributed by atoms with Crippen LogP contribution in [0.3, 0.4) is 0 Å². The first-order chi connectivity index (χ1) is 8.08. The summed E-state index contributed by atoms with van der Waals surface area (Å²) in [5.74, 6) is -1.19. The molecule has 0 aliphatic rings. The topological polar surface area (TPSA) is 42.2 Å². The van der Waals surface area contributed by atoms with Crippen molar-refractivity contribution in [2.75, 3.05) is 0 Å². The van der Waals surface area contributed by atoms with E-state index in [-0.39, 0.29) is 12.2 Å². The summed E-state index contributed by atoms with van der Waals surface area (Å²) in [6.45, 7) is 1.88. The van der Waals surface area contributed by atoms with E-state index in [1.165, 1.54) is 12.1 Å². The van der Waals surface area contributed by atoms with Gasteiger partial charge in [-0.05, 0) is 43.3 Å². The minimum atomic E-state index is -0.883. The number of carboxylic acids is 1. The predicted octanol–water partition coefficient (Wildman–Crippen LogP) is 2.55. The van der Waals surface area contributed by atoms with E-state index < -0.39 is 5.97 Å². The Morgan fingerprint density at radius 3 is 2.47 bits per heavy atom. The molecule has 0 spiro atoms. The van der Waals surface area contributed by atoms with Crippen LogP contribution in [0.4, 0.5) is 4.39 Å². The number of hydrogen-bond donors (Lipinski definition) is 1. The minimum Gasteiger partial charge on any atom is -0.481 e. The van der Waals surface area contributed by atoms with Gasteiger partial charge in [-0.15, -0.1) is 0 Å². The number of benzene rings is 1. The van der Waals surface area contributed by atoms with Gasteiger partial charge in [-0.25, -0.2) is 4.39 Å². The first-order valence-electron chi connectivity index (χ1n) is 5.23. The summed E-state index contributed by atoms with van der Waals surface area (Å²) in [6, 6.07) is 9.61.